The Balaban J connectivity index is 1.45. The molecular weight excluding hydrogens is 320 g/mol. The van der Waals surface area contributed by atoms with E-state index in [1.54, 1.807) is 11.8 Å². The van der Waals surface area contributed by atoms with Crippen molar-refractivity contribution in [2.75, 3.05) is 25.9 Å². The molecule has 1 aromatic carbocycles. The number of H-pyrrole nitrogens is 1. The van der Waals surface area contributed by atoms with Gasteiger partial charge in [0.25, 0.3) is 0 Å². The summed E-state index contributed by atoms with van der Waals surface area (Å²) in [5, 5.41) is 0.935. The molecule has 1 fully saturated rings. The Morgan fingerprint density at radius 3 is 2.88 bits per heavy atom. The molecule has 0 bridgehead atoms. The number of nitrogens with one attached hydrogen (secondary N) is 1. The third kappa shape index (κ3) is 3.75. The summed E-state index contributed by atoms with van der Waals surface area (Å²) in [4.78, 5) is 24.7. The first kappa shape index (κ1) is 17.3. The van der Waals surface area contributed by atoms with Gasteiger partial charge in [-0.15, -0.1) is 0 Å². The molecule has 130 valence electrons. The third-order valence-corrected chi connectivity index (χ3v) is 6.00. The summed E-state index contributed by atoms with van der Waals surface area (Å²) < 4.78 is 0. The van der Waals surface area contributed by atoms with Crippen LogP contribution in [0.4, 0.5) is 0 Å². The summed E-state index contributed by atoms with van der Waals surface area (Å²) in [6, 6.07) is 8.76. The molecule has 1 aliphatic heterocycles. The normalized spacial score (nSPS) is 22.2. The number of carbonyl (C=O) groups is 1. The number of hydrogen-bond donors (Lipinski definition) is 1. The van der Waals surface area contributed by atoms with Gasteiger partial charge in [0, 0.05) is 37.3 Å². The van der Waals surface area contributed by atoms with E-state index < -0.39 is 0 Å². The molecule has 2 atom stereocenters. The number of aromatic nitrogens is 2. The van der Waals surface area contributed by atoms with Crippen LogP contribution in [0.25, 0.3) is 11.0 Å². The quantitative estimate of drug-likeness (QED) is 0.668. The second kappa shape index (κ2) is 7.57. The Morgan fingerprint density at radius 1 is 1.29 bits per heavy atom. The summed E-state index contributed by atoms with van der Waals surface area (Å²) in [6.07, 6.45) is 1.50. The molecule has 2 aromatic rings. The fraction of sp³-hybridized carbons (Fsp3) is 0.556. The first-order valence-electron chi connectivity index (χ1n) is 8.63. The average Bonchev–Trinajstić information content (AvgIpc) is 2.99. The molecule has 1 amide bonds. The molecule has 1 aromatic heterocycles. The molecule has 6 heteroatoms. The van der Waals surface area contributed by atoms with Gasteiger partial charge in [0.1, 0.15) is 0 Å². The minimum Gasteiger partial charge on any atom is -0.337 e. The number of hydrogen-bond acceptors (Lipinski definition) is 4. The highest BCUT2D eigenvalue weighted by Gasteiger charge is 2.30. The summed E-state index contributed by atoms with van der Waals surface area (Å²) >= 11 is 1.69. The Bertz CT molecular complexity index is 668. The number of nitrogens with zero attached hydrogens (tertiary/aromatic N) is 3. The van der Waals surface area contributed by atoms with Crippen LogP contribution in [0.2, 0.25) is 0 Å². The first-order chi connectivity index (χ1) is 11.6. The second-order valence-electron chi connectivity index (χ2n) is 6.56. The van der Waals surface area contributed by atoms with Crippen molar-refractivity contribution in [1.29, 1.82) is 0 Å². The predicted octanol–water partition coefficient (Wildman–Crippen LogP) is 2.99. The standard InChI is InChI=1S/C18H26N4OS/c1-13-14(2)22(11-10-21(13)3)17(23)9-6-12-24-18-19-15-7-4-5-8-16(15)20-18/h4-5,7-8,13-14H,6,9-12H2,1-3H3,(H,19,20)/t13-,14-/m1/s1. The van der Waals surface area contributed by atoms with Gasteiger partial charge >= 0.3 is 0 Å². The number of imidazole rings is 1. The molecule has 1 aliphatic rings. The lowest BCUT2D eigenvalue weighted by Gasteiger charge is -2.43. The van der Waals surface area contributed by atoms with Crippen molar-refractivity contribution in [1.82, 2.24) is 19.8 Å². The lowest BCUT2D eigenvalue weighted by Crippen LogP contribution is -2.57. The summed E-state index contributed by atoms with van der Waals surface area (Å²) in [7, 11) is 2.13. The minimum atomic E-state index is 0.285. The first-order valence-corrected chi connectivity index (χ1v) is 9.62. The molecule has 1 saturated heterocycles. The average molecular weight is 347 g/mol. The molecular formula is C18H26N4OS. The van der Waals surface area contributed by atoms with Crippen molar-refractivity contribution in [2.24, 2.45) is 0 Å². The van der Waals surface area contributed by atoms with Gasteiger partial charge in [-0.05, 0) is 39.4 Å². The molecule has 0 aliphatic carbocycles. The summed E-state index contributed by atoms with van der Waals surface area (Å²) in [6.45, 7) is 6.16. The van der Waals surface area contributed by atoms with Crippen molar-refractivity contribution < 1.29 is 4.79 Å². The maximum absolute atomic E-state index is 12.5. The highest BCUT2D eigenvalue weighted by Crippen LogP contribution is 2.21. The number of fused-ring (bicyclic) bond motifs is 1. The van der Waals surface area contributed by atoms with Crippen molar-refractivity contribution in [3.8, 4) is 0 Å². The predicted molar refractivity (Wildman–Crippen MR) is 99.3 cm³/mol. The molecule has 0 radical (unpaired) electrons. The van der Waals surface area contributed by atoms with Crippen molar-refractivity contribution in [3.05, 3.63) is 24.3 Å². The molecule has 0 spiro atoms. The van der Waals surface area contributed by atoms with E-state index in [1.807, 2.05) is 24.3 Å². The SMILES string of the molecule is C[C@@H]1[C@@H](C)N(C(=O)CCCSc2nc3ccccc3[nH]2)CCN1C. The van der Waals surface area contributed by atoms with Crippen LogP contribution < -0.4 is 0 Å². The molecule has 3 rings (SSSR count). The van der Waals surface area contributed by atoms with Gasteiger partial charge in [-0.3, -0.25) is 9.69 Å². The van der Waals surface area contributed by atoms with E-state index >= 15 is 0 Å². The Morgan fingerprint density at radius 2 is 2.08 bits per heavy atom. The van der Waals surface area contributed by atoms with E-state index in [9.17, 15) is 4.79 Å². The lowest BCUT2D eigenvalue weighted by atomic mass is 10.0. The monoisotopic (exact) mass is 346 g/mol. The number of aromatic amines is 1. The smallest absolute Gasteiger partial charge is 0.222 e. The van der Waals surface area contributed by atoms with Crippen LogP contribution in [-0.4, -0.2) is 63.6 Å². The van der Waals surface area contributed by atoms with Gasteiger partial charge in [0.05, 0.1) is 11.0 Å². The van der Waals surface area contributed by atoms with Crippen molar-refractivity contribution in [3.63, 3.8) is 0 Å². The number of amides is 1. The largest absolute Gasteiger partial charge is 0.337 e. The zero-order valence-electron chi connectivity index (χ0n) is 14.7. The molecule has 1 N–H and O–H groups in total. The Labute approximate surface area is 147 Å². The van der Waals surface area contributed by atoms with Gasteiger partial charge in [0.15, 0.2) is 5.16 Å². The van der Waals surface area contributed by atoms with E-state index in [2.05, 4.69) is 40.7 Å². The number of para-hydroxylation sites is 2. The van der Waals surface area contributed by atoms with Crippen LogP contribution in [0.5, 0.6) is 0 Å². The van der Waals surface area contributed by atoms with Crippen LogP contribution in [-0.2, 0) is 4.79 Å². The topological polar surface area (TPSA) is 52.2 Å². The summed E-state index contributed by atoms with van der Waals surface area (Å²) in [5.74, 6) is 1.19. The number of benzene rings is 1. The fourth-order valence-electron chi connectivity index (χ4n) is 3.19. The molecule has 0 saturated carbocycles. The van der Waals surface area contributed by atoms with E-state index in [0.717, 1.165) is 41.5 Å². The third-order valence-electron chi connectivity index (χ3n) is 5.04. The van der Waals surface area contributed by atoms with Crippen LogP contribution in [0.1, 0.15) is 26.7 Å². The minimum absolute atomic E-state index is 0.285. The van der Waals surface area contributed by atoms with Crippen LogP contribution in [0.3, 0.4) is 0 Å². The number of likely N-dealkylation sites (N-methyl/N-ethyl adjacent to an activating group) is 1. The van der Waals surface area contributed by atoms with Crippen LogP contribution in [0, 0.1) is 0 Å². The maximum atomic E-state index is 12.5. The molecule has 5 nitrogen and oxygen atoms in total. The van der Waals surface area contributed by atoms with E-state index in [1.165, 1.54) is 0 Å². The van der Waals surface area contributed by atoms with Crippen molar-refractivity contribution in [2.45, 2.75) is 43.9 Å². The summed E-state index contributed by atoms with van der Waals surface area (Å²) in [5.41, 5.74) is 2.06. The van der Waals surface area contributed by atoms with E-state index in [4.69, 9.17) is 0 Å². The highest BCUT2D eigenvalue weighted by molar-refractivity contribution is 7.99. The zero-order chi connectivity index (χ0) is 17.1. The van der Waals surface area contributed by atoms with Gasteiger partial charge in [-0.1, -0.05) is 23.9 Å². The van der Waals surface area contributed by atoms with Gasteiger partial charge in [-0.25, -0.2) is 4.98 Å². The molecule has 2 heterocycles. The van der Waals surface area contributed by atoms with Gasteiger partial charge in [-0.2, -0.15) is 0 Å². The second-order valence-corrected chi connectivity index (χ2v) is 7.64. The van der Waals surface area contributed by atoms with Gasteiger partial charge < -0.3 is 9.88 Å². The van der Waals surface area contributed by atoms with E-state index in [0.29, 0.717) is 18.5 Å². The van der Waals surface area contributed by atoms with Crippen LogP contribution >= 0.6 is 11.8 Å². The van der Waals surface area contributed by atoms with E-state index in [-0.39, 0.29) is 5.91 Å². The molecule has 0 unspecified atom stereocenters. The van der Waals surface area contributed by atoms with Gasteiger partial charge in [0.2, 0.25) is 5.91 Å². The Hall–Kier alpha value is -1.53. The van der Waals surface area contributed by atoms with Crippen molar-refractivity contribution >= 4 is 28.7 Å². The molecule has 24 heavy (non-hydrogen) atoms. The highest BCUT2D eigenvalue weighted by atomic mass is 32.2. The number of carbonyl (C=O) groups excluding carboxylic acids is 1. The fourth-order valence-corrected chi connectivity index (χ4v) is 4.01. The number of thioether (sulfide) groups is 1. The number of rotatable bonds is 5. The lowest BCUT2D eigenvalue weighted by molar-refractivity contribution is -0.137. The zero-order valence-corrected chi connectivity index (χ0v) is 15.5. The van der Waals surface area contributed by atoms with Crippen LogP contribution in [0.15, 0.2) is 29.4 Å². The Kier molecular flexibility index (Phi) is 5.46. The maximum Gasteiger partial charge on any atom is 0.222 e. The number of piperazine rings is 1.